The summed E-state index contributed by atoms with van der Waals surface area (Å²) in [6.45, 7) is 0. The van der Waals surface area contributed by atoms with Crippen LogP contribution in [0.1, 0.15) is 23.2 Å². The van der Waals surface area contributed by atoms with E-state index in [0.717, 1.165) is 41.6 Å². The Morgan fingerprint density at radius 1 is 1.21 bits per heavy atom. The first-order valence-electron chi connectivity index (χ1n) is 6.15. The lowest BCUT2D eigenvalue weighted by atomic mass is 9.95. The molecule has 1 aromatic carbocycles. The van der Waals surface area contributed by atoms with Crippen molar-refractivity contribution < 1.29 is 0 Å². The second-order valence-corrected chi connectivity index (χ2v) is 5.07. The number of hydrogen-bond donors (Lipinski definition) is 1. The summed E-state index contributed by atoms with van der Waals surface area (Å²) in [5.74, 6) is 0. The summed E-state index contributed by atoms with van der Waals surface area (Å²) in [6.07, 6.45) is 2.79. The normalized spacial score (nSPS) is 13.1. The van der Waals surface area contributed by atoms with E-state index in [4.69, 9.17) is 11.6 Å². The minimum Gasteiger partial charge on any atom is -0.325 e. The summed E-state index contributed by atoms with van der Waals surface area (Å²) in [5.41, 5.74) is 3.61. The van der Waals surface area contributed by atoms with Crippen molar-refractivity contribution in [1.82, 2.24) is 4.98 Å². The molecule has 0 atom stereocenters. The van der Waals surface area contributed by atoms with E-state index in [0.29, 0.717) is 5.02 Å². The zero-order chi connectivity index (χ0) is 13.4. The van der Waals surface area contributed by atoms with Gasteiger partial charge in [-0.15, -0.1) is 0 Å². The number of pyridine rings is 1. The molecule has 0 unspecified atom stereocenters. The maximum atomic E-state index is 12.0. The summed E-state index contributed by atoms with van der Waals surface area (Å²) in [5, 5.41) is 9.89. The Labute approximate surface area is 115 Å². The van der Waals surface area contributed by atoms with Crippen molar-refractivity contribution >= 4 is 11.6 Å². The molecule has 0 bridgehead atoms. The number of aromatic amines is 1. The monoisotopic (exact) mass is 270 g/mol. The molecule has 0 fully saturated rings. The fourth-order valence-electron chi connectivity index (χ4n) is 2.66. The number of nitrogens with zero attached hydrogens (tertiary/aromatic N) is 1. The van der Waals surface area contributed by atoms with Crippen LogP contribution in [0, 0.1) is 11.3 Å². The van der Waals surface area contributed by atoms with Crippen molar-refractivity contribution in [2.24, 2.45) is 0 Å². The van der Waals surface area contributed by atoms with Gasteiger partial charge in [-0.05, 0) is 42.5 Å². The SMILES string of the molecule is N#Cc1c(-c2ccc(Cl)cc2)c2c([nH]c1=O)CCC2. The molecule has 2 aromatic rings. The third-order valence-electron chi connectivity index (χ3n) is 3.51. The molecule has 0 spiro atoms. The van der Waals surface area contributed by atoms with Gasteiger partial charge in [-0.3, -0.25) is 4.79 Å². The highest BCUT2D eigenvalue weighted by Crippen LogP contribution is 2.32. The molecule has 3 rings (SSSR count). The first kappa shape index (κ1) is 12.0. The van der Waals surface area contributed by atoms with Gasteiger partial charge in [0.25, 0.3) is 5.56 Å². The second-order valence-electron chi connectivity index (χ2n) is 4.63. The minimum absolute atomic E-state index is 0.197. The predicted octanol–water partition coefficient (Wildman–Crippen LogP) is 3.06. The van der Waals surface area contributed by atoms with Crippen molar-refractivity contribution in [1.29, 1.82) is 5.26 Å². The highest BCUT2D eigenvalue weighted by molar-refractivity contribution is 6.30. The Hall–Kier alpha value is -2.05. The average molecular weight is 271 g/mol. The molecule has 0 amide bonds. The number of hydrogen-bond acceptors (Lipinski definition) is 2. The van der Waals surface area contributed by atoms with E-state index in [9.17, 15) is 10.1 Å². The molecular formula is C15H11ClN2O. The van der Waals surface area contributed by atoms with E-state index >= 15 is 0 Å². The molecule has 1 aliphatic carbocycles. The van der Waals surface area contributed by atoms with E-state index < -0.39 is 0 Å². The van der Waals surface area contributed by atoms with Gasteiger partial charge in [0.2, 0.25) is 0 Å². The van der Waals surface area contributed by atoms with Crippen LogP contribution in [0.2, 0.25) is 5.02 Å². The standard InChI is InChI=1S/C15H11ClN2O/c16-10-6-4-9(5-7-10)14-11-2-1-3-13(11)18-15(19)12(14)8-17/h4-7H,1-3H2,(H,18,19). The van der Waals surface area contributed by atoms with E-state index in [1.54, 1.807) is 12.1 Å². The molecule has 0 saturated carbocycles. The molecule has 19 heavy (non-hydrogen) atoms. The lowest BCUT2D eigenvalue weighted by Gasteiger charge is -2.10. The molecule has 3 nitrogen and oxygen atoms in total. The van der Waals surface area contributed by atoms with Crippen LogP contribution < -0.4 is 5.56 Å². The Kier molecular flexibility index (Phi) is 2.88. The summed E-state index contributed by atoms with van der Waals surface area (Å²) >= 11 is 5.89. The number of nitrogens with one attached hydrogen (secondary N) is 1. The molecule has 94 valence electrons. The van der Waals surface area contributed by atoms with Gasteiger partial charge in [0, 0.05) is 16.3 Å². The fraction of sp³-hybridized carbons (Fsp3) is 0.200. The first-order valence-corrected chi connectivity index (χ1v) is 6.52. The van der Waals surface area contributed by atoms with Crippen LogP contribution in [0.25, 0.3) is 11.1 Å². The maximum absolute atomic E-state index is 12.0. The van der Waals surface area contributed by atoms with Crippen molar-refractivity contribution in [3.05, 3.63) is 56.5 Å². The van der Waals surface area contributed by atoms with Crippen LogP contribution in [0.15, 0.2) is 29.1 Å². The fourth-order valence-corrected chi connectivity index (χ4v) is 2.79. The number of halogens is 1. The number of aromatic nitrogens is 1. The average Bonchev–Trinajstić information content (AvgIpc) is 2.86. The topological polar surface area (TPSA) is 56.6 Å². The lowest BCUT2D eigenvalue weighted by Crippen LogP contribution is -2.15. The van der Waals surface area contributed by atoms with Crippen molar-refractivity contribution in [3.8, 4) is 17.2 Å². The number of H-pyrrole nitrogens is 1. The van der Waals surface area contributed by atoms with E-state index in [1.165, 1.54) is 0 Å². The molecule has 0 radical (unpaired) electrons. The van der Waals surface area contributed by atoms with Crippen LogP contribution in [0.3, 0.4) is 0 Å². The van der Waals surface area contributed by atoms with Gasteiger partial charge < -0.3 is 4.98 Å². The van der Waals surface area contributed by atoms with Crippen LogP contribution >= 0.6 is 11.6 Å². The Morgan fingerprint density at radius 3 is 2.63 bits per heavy atom. The lowest BCUT2D eigenvalue weighted by molar-refractivity contribution is 0.897. The number of rotatable bonds is 1. The van der Waals surface area contributed by atoms with Gasteiger partial charge >= 0.3 is 0 Å². The van der Waals surface area contributed by atoms with Crippen LogP contribution in [-0.4, -0.2) is 4.98 Å². The predicted molar refractivity (Wildman–Crippen MR) is 74.2 cm³/mol. The molecule has 1 N–H and O–H groups in total. The molecular weight excluding hydrogens is 260 g/mol. The number of benzene rings is 1. The Morgan fingerprint density at radius 2 is 1.95 bits per heavy atom. The third kappa shape index (κ3) is 1.94. The maximum Gasteiger partial charge on any atom is 0.266 e. The number of aryl methyl sites for hydroxylation is 1. The van der Waals surface area contributed by atoms with Crippen molar-refractivity contribution in [2.45, 2.75) is 19.3 Å². The van der Waals surface area contributed by atoms with E-state index in [-0.39, 0.29) is 11.1 Å². The summed E-state index contributed by atoms with van der Waals surface area (Å²) in [6, 6.07) is 9.30. The molecule has 0 saturated heterocycles. The molecule has 1 heterocycles. The van der Waals surface area contributed by atoms with Crippen molar-refractivity contribution in [3.63, 3.8) is 0 Å². The largest absolute Gasteiger partial charge is 0.325 e. The molecule has 1 aromatic heterocycles. The number of fused-ring (bicyclic) bond motifs is 1. The van der Waals surface area contributed by atoms with Gasteiger partial charge in [0.1, 0.15) is 11.6 Å². The van der Waals surface area contributed by atoms with Gasteiger partial charge in [0.05, 0.1) is 0 Å². The smallest absolute Gasteiger partial charge is 0.266 e. The zero-order valence-corrected chi connectivity index (χ0v) is 10.9. The highest BCUT2D eigenvalue weighted by Gasteiger charge is 2.22. The van der Waals surface area contributed by atoms with E-state index in [2.05, 4.69) is 4.98 Å². The summed E-state index contributed by atoms with van der Waals surface area (Å²) in [7, 11) is 0. The number of nitriles is 1. The minimum atomic E-state index is -0.298. The molecule has 1 aliphatic rings. The van der Waals surface area contributed by atoms with Crippen molar-refractivity contribution in [2.75, 3.05) is 0 Å². The Balaban J connectivity index is 2.34. The van der Waals surface area contributed by atoms with Gasteiger partial charge in [-0.1, -0.05) is 23.7 Å². The van der Waals surface area contributed by atoms with Crippen LogP contribution in [0.5, 0.6) is 0 Å². The third-order valence-corrected chi connectivity index (χ3v) is 3.76. The van der Waals surface area contributed by atoms with Crippen LogP contribution in [-0.2, 0) is 12.8 Å². The highest BCUT2D eigenvalue weighted by atomic mass is 35.5. The molecule has 0 aliphatic heterocycles. The molecule has 4 heteroatoms. The zero-order valence-electron chi connectivity index (χ0n) is 10.2. The quantitative estimate of drug-likeness (QED) is 0.866. The summed E-state index contributed by atoms with van der Waals surface area (Å²) < 4.78 is 0. The Bertz CT molecular complexity index is 738. The van der Waals surface area contributed by atoms with E-state index in [1.807, 2.05) is 18.2 Å². The summed E-state index contributed by atoms with van der Waals surface area (Å²) in [4.78, 5) is 14.8. The van der Waals surface area contributed by atoms with Gasteiger partial charge in [-0.2, -0.15) is 5.26 Å². The van der Waals surface area contributed by atoms with Gasteiger partial charge in [0.15, 0.2) is 0 Å². The van der Waals surface area contributed by atoms with Gasteiger partial charge in [-0.25, -0.2) is 0 Å². The van der Waals surface area contributed by atoms with Crippen LogP contribution in [0.4, 0.5) is 0 Å². The first-order chi connectivity index (χ1) is 9.20. The second kappa shape index (κ2) is 4.56.